The molecule has 0 unspecified atom stereocenters. The third-order valence-corrected chi connectivity index (χ3v) is 6.61. The van der Waals surface area contributed by atoms with Crippen molar-refractivity contribution in [1.29, 1.82) is 0 Å². The average molecular weight is 423 g/mol. The van der Waals surface area contributed by atoms with Gasteiger partial charge in [0.1, 0.15) is 11.5 Å². The lowest BCUT2D eigenvalue weighted by Gasteiger charge is -2.20. The van der Waals surface area contributed by atoms with E-state index in [-0.39, 0.29) is 0 Å². The largest absolute Gasteiger partial charge is 0.455 e. The molecule has 0 amide bonds. The Labute approximate surface area is 186 Å². The zero-order valence-electron chi connectivity index (χ0n) is 18.7. The first kappa shape index (κ1) is 22.7. The average Bonchev–Trinajstić information content (AvgIpc) is 2.78. The second-order valence-electron chi connectivity index (χ2n) is 7.39. The maximum Gasteiger partial charge on any atom is 0.141 e. The fourth-order valence-corrected chi connectivity index (χ4v) is 4.44. The van der Waals surface area contributed by atoms with Gasteiger partial charge in [-0.25, -0.2) is 0 Å². The highest BCUT2D eigenvalue weighted by molar-refractivity contribution is 7.99. The molecule has 0 N–H and O–H groups in total. The molecule has 2 aromatic carbocycles. The van der Waals surface area contributed by atoms with Crippen molar-refractivity contribution in [2.45, 2.75) is 37.5 Å². The molecule has 0 spiro atoms. The van der Waals surface area contributed by atoms with Gasteiger partial charge in [0, 0.05) is 13.1 Å². The lowest BCUT2D eigenvalue weighted by atomic mass is 10.1. The Hall–Kier alpha value is -2.01. The number of benzene rings is 2. The molecule has 4 heteroatoms. The Morgan fingerprint density at radius 2 is 1.27 bits per heavy atom. The standard InChI is InChI=1S/C26H34N2OS/c1-5-27(6-2)17-9-11-21-14-16-25-24(19-21)29-23-15-13-22(20-26(23)30-25)12-10-18-28(7-3)8-4/h9-16,19-20H,5-8,17-18H2,1-4H3. The second-order valence-corrected chi connectivity index (χ2v) is 8.48. The molecule has 160 valence electrons. The van der Waals surface area contributed by atoms with Crippen molar-refractivity contribution >= 4 is 23.9 Å². The highest BCUT2D eigenvalue weighted by Gasteiger charge is 2.18. The molecule has 2 aromatic rings. The molecule has 1 heterocycles. The van der Waals surface area contributed by atoms with Crippen molar-refractivity contribution < 1.29 is 4.74 Å². The van der Waals surface area contributed by atoms with Gasteiger partial charge in [0.25, 0.3) is 0 Å². The zero-order chi connectivity index (χ0) is 21.3. The van der Waals surface area contributed by atoms with Crippen LogP contribution in [0.3, 0.4) is 0 Å². The smallest absolute Gasteiger partial charge is 0.141 e. The molecular weight excluding hydrogens is 388 g/mol. The highest BCUT2D eigenvalue weighted by Crippen LogP contribution is 2.47. The summed E-state index contributed by atoms with van der Waals surface area (Å²) in [7, 11) is 0. The lowest BCUT2D eigenvalue weighted by Crippen LogP contribution is -2.22. The van der Waals surface area contributed by atoms with Crippen molar-refractivity contribution in [1.82, 2.24) is 9.80 Å². The van der Waals surface area contributed by atoms with Gasteiger partial charge in [0.15, 0.2) is 0 Å². The van der Waals surface area contributed by atoms with Gasteiger partial charge >= 0.3 is 0 Å². The first-order chi connectivity index (χ1) is 14.7. The molecule has 0 atom stereocenters. The lowest BCUT2D eigenvalue weighted by molar-refractivity contribution is 0.338. The third kappa shape index (κ3) is 6.00. The van der Waals surface area contributed by atoms with E-state index in [1.807, 2.05) is 0 Å². The first-order valence-electron chi connectivity index (χ1n) is 11.1. The van der Waals surface area contributed by atoms with Gasteiger partial charge in [0.05, 0.1) is 9.79 Å². The van der Waals surface area contributed by atoms with Gasteiger partial charge in [-0.2, -0.15) is 0 Å². The molecule has 30 heavy (non-hydrogen) atoms. The summed E-state index contributed by atoms with van der Waals surface area (Å²) in [5.74, 6) is 1.89. The van der Waals surface area contributed by atoms with Crippen LogP contribution in [0.5, 0.6) is 11.5 Å². The molecular formula is C26H34N2OS. The van der Waals surface area contributed by atoms with Crippen LogP contribution < -0.4 is 4.74 Å². The van der Waals surface area contributed by atoms with Crippen LogP contribution in [-0.2, 0) is 0 Å². The number of likely N-dealkylation sites (N-methyl/N-ethyl adjacent to an activating group) is 2. The Balaban J connectivity index is 1.67. The van der Waals surface area contributed by atoms with Crippen LogP contribution in [-0.4, -0.2) is 49.1 Å². The van der Waals surface area contributed by atoms with E-state index >= 15 is 0 Å². The first-order valence-corrected chi connectivity index (χ1v) is 11.9. The Kier molecular flexibility index (Phi) is 8.61. The summed E-state index contributed by atoms with van der Waals surface area (Å²) in [6.07, 6.45) is 8.87. The molecule has 0 radical (unpaired) electrons. The van der Waals surface area contributed by atoms with Crippen LogP contribution in [0, 0.1) is 0 Å². The second kappa shape index (κ2) is 11.4. The van der Waals surface area contributed by atoms with Gasteiger partial charge in [-0.15, -0.1) is 0 Å². The normalized spacial score (nSPS) is 13.3. The van der Waals surface area contributed by atoms with Crippen molar-refractivity contribution in [3.8, 4) is 11.5 Å². The van der Waals surface area contributed by atoms with E-state index in [2.05, 4.69) is 98.2 Å². The van der Waals surface area contributed by atoms with Gasteiger partial charge in [-0.1, -0.05) is 75.9 Å². The molecule has 3 rings (SSSR count). The van der Waals surface area contributed by atoms with Crippen LogP contribution in [0.15, 0.2) is 58.3 Å². The predicted molar refractivity (Wildman–Crippen MR) is 131 cm³/mol. The summed E-state index contributed by atoms with van der Waals surface area (Å²) in [6, 6.07) is 12.9. The van der Waals surface area contributed by atoms with E-state index in [4.69, 9.17) is 4.74 Å². The van der Waals surface area contributed by atoms with Crippen LogP contribution in [0.2, 0.25) is 0 Å². The molecule has 0 aromatic heterocycles. The minimum absolute atomic E-state index is 0.942. The summed E-state index contributed by atoms with van der Waals surface area (Å²) in [4.78, 5) is 7.15. The number of rotatable bonds is 10. The molecule has 1 aliphatic heterocycles. The van der Waals surface area contributed by atoms with Gasteiger partial charge in [0.2, 0.25) is 0 Å². The van der Waals surface area contributed by atoms with E-state index in [1.54, 1.807) is 11.8 Å². The summed E-state index contributed by atoms with van der Waals surface area (Å²) in [6.45, 7) is 15.1. The molecule has 3 nitrogen and oxygen atoms in total. The number of hydrogen-bond acceptors (Lipinski definition) is 4. The van der Waals surface area contributed by atoms with Gasteiger partial charge < -0.3 is 14.5 Å². The van der Waals surface area contributed by atoms with E-state index in [0.717, 1.165) is 50.8 Å². The Bertz CT molecular complexity index is 809. The summed E-state index contributed by atoms with van der Waals surface area (Å²) in [5, 5.41) is 0. The minimum atomic E-state index is 0.942. The van der Waals surface area contributed by atoms with Crippen molar-refractivity contribution in [3.63, 3.8) is 0 Å². The van der Waals surface area contributed by atoms with E-state index in [0.29, 0.717) is 0 Å². The van der Waals surface area contributed by atoms with Crippen LogP contribution in [0.1, 0.15) is 38.8 Å². The molecule has 0 bridgehead atoms. The maximum atomic E-state index is 6.22. The monoisotopic (exact) mass is 422 g/mol. The number of fused-ring (bicyclic) bond motifs is 2. The van der Waals surface area contributed by atoms with Crippen LogP contribution >= 0.6 is 11.8 Å². The summed E-state index contributed by atoms with van der Waals surface area (Å²) in [5.41, 5.74) is 2.40. The van der Waals surface area contributed by atoms with Crippen LogP contribution in [0.4, 0.5) is 0 Å². The molecule has 0 saturated carbocycles. The van der Waals surface area contributed by atoms with Crippen molar-refractivity contribution in [2.75, 3.05) is 39.3 Å². The number of ether oxygens (including phenoxy) is 1. The molecule has 0 saturated heterocycles. The molecule has 0 aliphatic carbocycles. The van der Waals surface area contributed by atoms with E-state index < -0.39 is 0 Å². The summed E-state index contributed by atoms with van der Waals surface area (Å²) < 4.78 is 6.22. The fraction of sp³-hybridized carbons (Fsp3) is 0.385. The van der Waals surface area contributed by atoms with Gasteiger partial charge in [-0.3, -0.25) is 0 Å². The number of hydrogen-bond donors (Lipinski definition) is 0. The zero-order valence-corrected chi connectivity index (χ0v) is 19.5. The maximum absolute atomic E-state index is 6.22. The molecule has 1 aliphatic rings. The Morgan fingerprint density at radius 3 is 1.87 bits per heavy atom. The third-order valence-electron chi connectivity index (χ3n) is 5.51. The molecule has 0 fully saturated rings. The fourth-order valence-electron chi connectivity index (χ4n) is 3.46. The highest BCUT2D eigenvalue weighted by atomic mass is 32.2. The summed E-state index contributed by atoms with van der Waals surface area (Å²) >= 11 is 1.79. The predicted octanol–water partition coefficient (Wildman–Crippen LogP) is 6.65. The van der Waals surface area contributed by atoms with Crippen molar-refractivity contribution in [3.05, 3.63) is 59.7 Å². The van der Waals surface area contributed by atoms with Crippen molar-refractivity contribution in [2.24, 2.45) is 0 Å². The Morgan fingerprint density at radius 1 is 0.700 bits per heavy atom. The van der Waals surface area contributed by atoms with Crippen LogP contribution in [0.25, 0.3) is 12.2 Å². The number of nitrogens with zero attached hydrogens (tertiary/aromatic N) is 2. The van der Waals surface area contributed by atoms with E-state index in [1.165, 1.54) is 20.9 Å². The van der Waals surface area contributed by atoms with Gasteiger partial charge in [-0.05, 0) is 61.6 Å². The van der Waals surface area contributed by atoms with E-state index in [9.17, 15) is 0 Å². The quantitative estimate of drug-likeness (QED) is 0.363. The topological polar surface area (TPSA) is 15.7 Å². The minimum Gasteiger partial charge on any atom is -0.455 e. The SMILES string of the molecule is CCN(CC)CC=Cc1ccc2c(c1)Oc1ccc(C=CCN(CC)CC)cc1S2.